The highest BCUT2D eigenvalue weighted by Gasteiger charge is 2.31. The van der Waals surface area contributed by atoms with E-state index in [9.17, 15) is 13.6 Å². The molecule has 0 aliphatic heterocycles. The van der Waals surface area contributed by atoms with E-state index >= 15 is 0 Å². The molecular weight excluding hydrogens is 300 g/mol. The average Bonchev–Trinajstić information content (AvgIpc) is 2.94. The molecule has 1 heterocycles. The fourth-order valence-electron chi connectivity index (χ4n) is 1.96. The van der Waals surface area contributed by atoms with E-state index in [0.717, 1.165) is 19.1 Å². The van der Waals surface area contributed by atoms with Crippen LogP contribution in [0.3, 0.4) is 0 Å². The predicted octanol–water partition coefficient (Wildman–Crippen LogP) is 3.17. The predicted molar refractivity (Wildman–Crippen MR) is 71.6 cm³/mol. The first-order valence-electron chi connectivity index (χ1n) is 6.12. The number of hydrogen-bond acceptors (Lipinski definition) is 5. The molecule has 0 fully saturated rings. The van der Waals surface area contributed by atoms with E-state index in [2.05, 4.69) is 9.68 Å². The van der Waals surface area contributed by atoms with E-state index in [1.54, 1.807) is 0 Å². The molecule has 0 saturated carbocycles. The van der Waals surface area contributed by atoms with Gasteiger partial charge in [-0.1, -0.05) is 5.16 Å². The Bertz CT molecular complexity index is 706. The van der Waals surface area contributed by atoms with Crippen LogP contribution >= 0.6 is 0 Å². The molecule has 0 aliphatic rings. The van der Waals surface area contributed by atoms with Crippen LogP contribution in [0.4, 0.5) is 8.78 Å². The van der Waals surface area contributed by atoms with Crippen LogP contribution in [0.2, 0.25) is 0 Å². The minimum Gasteiger partial charge on any atom is -0.493 e. The zero-order chi connectivity index (χ0) is 16.5. The second-order valence-corrected chi connectivity index (χ2v) is 4.52. The Morgan fingerprint density at radius 3 is 2.27 bits per heavy atom. The van der Waals surface area contributed by atoms with Gasteiger partial charge in [0.15, 0.2) is 11.5 Å². The minimum atomic E-state index is -3.20. The quantitative estimate of drug-likeness (QED) is 0.913. The number of rotatable bonds is 5. The first-order valence-corrected chi connectivity index (χ1v) is 6.12. The van der Waals surface area contributed by atoms with Gasteiger partial charge >= 0.3 is 5.97 Å². The van der Waals surface area contributed by atoms with Gasteiger partial charge in [-0.15, -0.1) is 0 Å². The van der Waals surface area contributed by atoms with Gasteiger partial charge in [-0.2, -0.15) is 0 Å². The number of carbonyl (C=O) groups is 1. The van der Waals surface area contributed by atoms with Crippen molar-refractivity contribution in [3.63, 3.8) is 0 Å². The number of carboxylic acids is 1. The van der Waals surface area contributed by atoms with Crippen molar-refractivity contribution in [1.82, 2.24) is 5.16 Å². The summed E-state index contributed by atoms with van der Waals surface area (Å²) in [5.41, 5.74) is -0.410. The Hall–Kier alpha value is -2.64. The molecule has 0 aliphatic carbocycles. The Balaban J connectivity index is 2.68. The molecule has 0 spiro atoms. The standard InChI is InChI=1S/C14H13F2NO5/c1-14(15,16)8-5-11(21-3)10(20-2)4-7(8)9-6-12(13(18)19)22-17-9/h4-6H,1-3H3,(H,18,19). The van der Waals surface area contributed by atoms with Crippen molar-refractivity contribution >= 4 is 5.97 Å². The third-order valence-corrected chi connectivity index (χ3v) is 2.99. The molecule has 1 N–H and O–H groups in total. The lowest BCUT2D eigenvalue weighted by Crippen LogP contribution is -2.10. The number of alkyl halides is 2. The molecule has 0 bridgehead atoms. The summed E-state index contributed by atoms with van der Waals surface area (Å²) >= 11 is 0. The average molecular weight is 313 g/mol. The zero-order valence-corrected chi connectivity index (χ0v) is 12.0. The van der Waals surface area contributed by atoms with Crippen molar-refractivity contribution < 1.29 is 32.7 Å². The van der Waals surface area contributed by atoms with Gasteiger partial charge in [0.1, 0.15) is 5.69 Å². The number of nitrogens with zero attached hydrogens (tertiary/aromatic N) is 1. The molecule has 118 valence electrons. The number of ether oxygens (including phenoxy) is 2. The highest BCUT2D eigenvalue weighted by Crippen LogP contribution is 2.42. The van der Waals surface area contributed by atoms with Gasteiger partial charge in [0.05, 0.1) is 14.2 Å². The van der Waals surface area contributed by atoms with Crippen molar-refractivity contribution in [2.24, 2.45) is 0 Å². The Morgan fingerprint density at radius 2 is 1.82 bits per heavy atom. The smallest absolute Gasteiger partial charge is 0.374 e. The number of halogens is 2. The van der Waals surface area contributed by atoms with Crippen molar-refractivity contribution in [1.29, 1.82) is 0 Å². The summed E-state index contributed by atoms with van der Waals surface area (Å²) in [4.78, 5) is 10.8. The summed E-state index contributed by atoms with van der Waals surface area (Å²) in [5.74, 6) is -4.65. The fraction of sp³-hybridized carbons (Fsp3) is 0.286. The number of aromatic carboxylic acids is 1. The van der Waals surface area contributed by atoms with E-state index in [1.807, 2.05) is 0 Å². The summed E-state index contributed by atoms with van der Waals surface area (Å²) in [6.07, 6.45) is 0. The normalized spacial score (nSPS) is 11.3. The van der Waals surface area contributed by atoms with Crippen LogP contribution in [0.25, 0.3) is 11.3 Å². The minimum absolute atomic E-state index is 0.00130. The van der Waals surface area contributed by atoms with E-state index in [4.69, 9.17) is 14.6 Å². The summed E-state index contributed by atoms with van der Waals surface area (Å²) in [5, 5.41) is 12.4. The molecule has 0 saturated heterocycles. The van der Waals surface area contributed by atoms with Gasteiger partial charge in [-0.25, -0.2) is 13.6 Å². The number of methoxy groups -OCH3 is 2. The second-order valence-electron chi connectivity index (χ2n) is 4.52. The lowest BCUT2D eigenvalue weighted by atomic mass is 9.98. The first-order chi connectivity index (χ1) is 10.3. The van der Waals surface area contributed by atoms with Gasteiger partial charge < -0.3 is 19.1 Å². The third kappa shape index (κ3) is 2.85. The third-order valence-electron chi connectivity index (χ3n) is 2.99. The van der Waals surface area contributed by atoms with Crippen molar-refractivity contribution in [2.75, 3.05) is 14.2 Å². The molecule has 2 rings (SSSR count). The molecule has 2 aromatic rings. The van der Waals surface area contributed by atoms with E-state index in [-0.39, 0.29) is 28.3 Å². The second kappa shape index (κ2) is 5.63. The number of carboxylic acid groups (broad SMARTS) is 1. The molecule has 0 amide bonds. The van der Waals surface area contributed by atoms with E-state index in [0.29, 0.717) is 0 Å². The van der Waals surface area contributed by atoms with Crippen LogP contribution in [0.1, 0.15) is 23.0 Å². The molecule has 6 nitrogen and oxygen atoms in total. The molecule has 1 aromatic carbocycles. The highest BCUT2D eigenvalue weighted by molar-refractivity contribution is 5.86. The molecule has 0 unspecified atom stereocenters. The SMILES string of the molecule is COc1cc(-c2cc(C(=O)O)on2)c(C(C)(F)F)cc1OC. The maximum absolute atomic E-state index is 13.8. The van der Waals surface area contributed by atoms with E-state index in [1.165, 1.54) is 20.3 Å². The maximum atomic E-state index is 13.8. The maximum Gasteiger partial charge on any atom is 0.374 e. The number of aromatic nitrogens is 1. The Kier molecular flexibility index (Phi) is 4.03. The Morgan fingerprint density at radius 1 is 1.23 bits per heavy atom. The van der Waals surface area contributed by atoms with E-state index < -0.39 is 17.7 Å². The van der Waals surface area contributed by atoms with Gasteiger partial charge in [-0.05, 0) is 12.1 Å². The largest absolute Gasteiger partial charge is 0.493 e. The summed E-state index contributed by atoms with van der Waals surface area (Å²) in [6, 6.07) is 3.50. The molecule has 0 atom stereocenters. The summed E-state index contributed by atoms with van der Waals surface area (Å²) in [6.45, 7) is 0.718. The van der Waals surface area contributed by atoms with Crippen molar-refractivity contribution in [3.05, 3.63) is 29.5 Å². The van der Waals surface area contributed by atoms with Crippen LogP contribution in [0, 0.1) is 0 Å². The van der Waals surface area contributed by atoms with Crippen molar-refractivity contribution in [3.8, 4) is 22.8 Å². The first kappa shape index (κ1) is 15.7. The zero-order valence-electron chi connectivity index (χ0n) is 12.0. The van der Waals surface area contributed by atoms with Crippen LogP contribution < -0.4 is 9.47 Å². The Labute approximate surface area is 124 Å². The topological polar surface area (TPSA) is 81.8 Å². The molecule has 8 heteroatoms. The highest BCUT2D eigenvalue weighted by atomic mass is 19.3. The van der Waals surface area contributed by atoms with Crippen LogP contribution in [0.5, 0.6) is 11.5 Å². The van der Waals surface area contributed by atoms with Gasteiger partial charge in [0.25, 0.3) is 5.92 Å². The number of hydrogen-bond donors (Lipinski definition) is 1. The van der Waals surface area contributed by atoms with Gasteiger partial charge in [-0.3, -0.25) is 0 Å². The van der Waals surface area contributed by atoms with Crippen LogP contribution in [-0.2, 0) is 5.92 Å². The lowest BCUT2D eigenvalue weighted by molar-refractivity contribution is 0.0178. The number of benzene rings is 1. The monoisotopic (exact) mass is 313 g/mol. The molecule has 1 aromatic heterocycles. The molecular formula is C14H13F2NO5. The van der Waals surface area contributed by atoms with Crippen molar-refractivity contribution in [2.45, 2.75) is 12.8 Å². The molecule has 0 radical (unpaired) electrons. The summed E-state index contributed by atoms with van der Waals surface area (Å²) in [7, 11) is 2.69. The molecule has 22 heavy (non-hydrogen) atoms. The van der Waals surface area contributed by atoms with Gasteiger partial charge in [0, 0.05) is 24.1 Å². The fourth-order valence-corrected chi connectivity index (χ4v) is 1.96. The van der Waals surface area contributed by atoms with Gasteiger partial charge in [0.2, 0.25) is 5.76 Å². The summed E-state index contributed by atoms with van der Waals surface area (Å²) < 4.78 is 42.4. The van der Waals surface area contributed by atoms with Crippen LogP contribution in [-0.4, -0.2) is 30.5 Å². The van der Waals surface area contributed by atoms with Crippen LogP contribution in [0.15, 0.2) is 22.7 Å². The lowest BCUT2D eigenvalue weighted by Gasteiger charge is -2.18.